The van der Waals surface area contributed by atoms with E-state index in [0.29, 0.717) is 61.3 Å². The average molecular weight is 769 g/mol. The van der Waals surface area contributed by atoms with Crippen molar-refractivity contribution in [2.75, 3.05) is 26.2 Å². The van der Waals surface area contributed by atoms with Gasteiger partial charge in [0.1, 0.15) is 23.5 Å². The van der Waals surface area contributed by atoms with Gasteiger partial charge < -0.3 is 20.4 Å². The number of benzene rings is 3. The maximum Gasteiger partial charge on any atom is 0.254 e. The molecule has 4 amide bonds. The van der Waals surface area contributed by atoms with E-state index in [4.69, 9.17) is 0 Å². The number of nitrogens with zero attached hydrogens (tertiary/aromatic N) is 8. The van der Waals surface area contributed by atoms with Crippen molar-refractivity contribution < 1.29 is 19.2 Å². The quantitative estimate of drug-likeness (QED) is 0.218. The third-order valence-corrected chi connectivity index (χ3v) is 9.71. The third-order valence-electron chi connectivity index (χ3n) is 9.71. The lowest BCUT2D eigenvalue weighted by molar-refractivity contribution is -0.125. The summed E-state index contributed by atoms with van der Waals surface area (Å²) in [6.07, 6.45) is 9.64. The minimum Gasteiger partial charge on any atom is -0.354 e. The molecule has 0 unspecified atom stereocenters. The van der Waals surface area contributed by atoms with Crippen LogP contribution in [0.15, 0.2) is 123 Å². The Morgan fingerprint density at radius 3 is 1.37 bits per heavy atom. The maximum absolute atomic E-state index is 13.8. The zero-order valence-corrected chi connectivity index (χ0v) is 32.0. The van der Waals surface area contributed by atoms with Crippen LogP contribution >= 0.6 is 0 Å². The van der Waals surface area contributed by atoms with E-state index in [1.54, 1.807) is 68.0 Å². The van der Waals surface area contributed by atoms with Gasteiger partial charge in [-0.3, -0.25) is 19.2 Å². The predicted octanol–water partition coefficient (Wildman–Crippen LogP) is 4.51. The number of carbonyl (C=O) groups excluding carboxylic acids is 4. The highest BCUT2D eigenvalue weighted by Gasteiger charge is 2.26. The normalized spacial score (nSPS) is 17.8. The summed E-state index contributed by atoms with van der Waals surface area (Å²) in [6, 6.07) is 24.5. The summed E-state index contributed by atoms with van der Waals surface area (Å²) in [5.41, 5.74) is 3.69. The Kier molecular flexibility index (Phi) is 13.9. The van der Waals surface area contributed by atoms with Crippen molar-refractivity contribution in [2.45, 2.75) is 57.3 Å². The highest BCUT2D eigenvalue weighted by Crippen LogP contribution is 2.19. The SMILES string of the molecule is C=CCN1Cc2cn(nn2)[C@@H](Cc2ccccc2)C(=O)NCCCCCNC(=O)[C@H](Cc2ccccc2)n2cc(nn2)CN(CC=C)C(=O)c2ccc(cc2)C1=O. The number of amides is 4. The predicted molar refractivity (Wildman–Crippen MR) is 215 cm³/mol. The van der Waals surface area contributed by atoms with Crippen molar-refractivity contribution in [3.05, 3.63) is 156 Å². The molecule has 0 saturated carbocycles. The number of rotatable bonds is 8. The Hall–Kier alpha value is -6.70. The second-order valence-corrected chi connectivity index (χ2v) is 14.0. The van der Waals surface area contributed by atoms with Crippen LogP contribution in [0, 0.1) is 0 Å². The summed E-state index contributed by atoms with van der Waals surface area (Å²) in [5, 5.41) is 23.5. The third kappa shape index (κ3) is 10.7. The second kappa shape index (κ2) is 19.8. The van der Waals surface area contributed by atoms with Crippen LogP contribution in [0.5, 0.6) is 0 Å². The molecule has 14 nitrogen and oxygen atoms in total. The van der Waals surface area contributed by atoms with Crippen molar-refractivity contribution in [3.8, 4) is 0 Å². The van der Waals surface area contributed by atoms with E-state index in [9.17, 15) is 19.2 Å². The second-order valence-electron chi connectivity index (χ2n) is 14.0. The van der Waals surface area contributed by atoms with Crippen LogP contribution in [0.2, 0.25) is 0 Å². The number of hydrogen-bond acceptors (Lipinski definition) is 8. The topological polar surface area (TPSA) is 160 Å². The minimum absolute atomic E-state index is 0.127. The lowest BCUT2D eigenvalue weighted by atomic mass is 10.1. The van der Waals surface area contributed by atoms with Gasteiger partial charge in [0.2, 0.25) is 11.8 Å². The first-order valence-electron chi connectivity index (χ1n) is 19.2. The van der Waals surface area contributed by atoms with Gasteiger partial charge in [0.25, 0.3) is 11.8 Å². The van der Waals surface area contributed by atoms with Crippen LogP contribution in [0.4, 0.5) is 0 Å². The van der Waals surface area contributed by atoms with Gasteiger partial charge in [-0.25, -0.2) is 9.36 Å². The fourth-order valence-corrected chi connectivity index (χ4v) is 6.71. The molecule has 4 heterocycles. The smallest absolute Gasteiger partial charge is 0.254 e. The molecule has 2 N–H and O–H groups in total. The van der Waals surface area contributed by atoms with E-state index in [0.717, 1.165) is 17.5 Å². The molecule has 0 spiro atoms. The standard InChI is InChI=1S/C43H48N10O4/c1-3-24-50-28-36-30-52(48-46-36)38(26-32-14-8-5-9-15-32)40(54)44-22-12-7-13-23-45-41(55)39(27-33-16-10-6-11-17-33)53-31-37(47-49-53)29-51(25-4-2)43(57)35-20-18-34(19-21-35)42(50)56/h3-6,8-11,14-21,30-31,38-39H,1-2,7,12-13,22-29H2,(H,44,54)(H,45,55)/t38-,39-/m0/s1. The van der Waals surface area contributed by atoms with Crippen LogP contribution in [-0.2, 0) is 35.5 Å². The number of fused-ring (bicyclic) bond motifs is 16. The first-order chi connectivity index (χ1) is 27.8. The molecule has 0 radical (unpaired) electrons. The highest BCUT2D eigenvalue weighted by molar-refractivity contribution is 5.98. The zero-order chi connectivity index (χ0) is 40.0. The first kappa shape index (κ1) is 40.0. The van der Waals surface area contributed by atoms with Gasteiger partial charge in [-0.15, -0.1) is 23.4 Å². The summed E-state index contributed by atoms with van der Waals surface area (Å²) < 4.78 is 3.10. The molecule has 2 aromatic heterocycles. The van der Waals surface area contributed by atoms with E-state index in [-0.39, 0.29) is 49.8 Å². The Bertz CT molecular complexity index is 1980. The van der Waals surface area contributed by atoms with Crippen LogP contribution in [0.1, 0.15) is 74.6 Å². The summed E-state index contributed by atoms with van der Waals surface area (Å²) in [7, 11) is 0. The van der Waals surface area contributed by atoms with E-state index in [1.165, 1.54) is 0 Å². The lowest BCUT2D eigenvalue weighted by Crippen LogP contribution is -2.35. The highest BCUT2D eigenvalue weighted by atomic mass is 16.2. The number of carbonyl (C=O) groups is 4. The molecule has 0 fully saturated rings. The molecule has 5 aromatic rings. The van der Waals surface area contributed by atoms with E-state index in [2.05, 4.69) is 44.4 Å². The number of aromatic nitrogens is 6. The van der Waals surface area contributed by atoms with Crippen LogP contribution < -0.4 is 10.6 Å². The molecule has 57 heavy (non-hydrogen) atoms. The van der Waals surface area contributed by atoms with Gasteiger partial charge in [0.15, 0.2) is 0 Å². The Balaban J connectivity index is 1.27. The Morgan fingerprint density at radius 2 is 0.982 bits per heavy atom. The minimum atomic E-state index is -0.677. The molecule has 0 aliphatic carbocycles. The van der Waals surface area contributed by atoms with E-state index in [1.807, 2.05) is 60.7 Å². The fraction of sp³-hybridized carbons (Fsp3) is 0.302. The molecule has 0 saturated heterocycles. The Morgan fingerprint density at radius 1 is 0.579 bits per heavy atom. The molecule has 294 valence electrons. The molecule has 2 atom stereocenters. The molecule has 6 bridgehead atoms. The van der Waals surface area contributed by atoms with Gasteiger partial charge >= 0.3 is 0 Å². The summed E-state index contributed by atoms with van der Waals surface area (Å²) in [4.78, 5) is 58.1. The Labute approximate surface area is 332 Å². The van der Waals surface area contributed by atoms with Gasteiger partial charge in [-0.05, 0) is 54.7 Å². The zero-order valence-electron chi connectivity index (χ0n) is 32.0. The van der Waals surface area contributed by atoms with Crippen molar-refractivity contribution in [2.24, 2.45) is 0 Å². The molecule has 14 heteroatoms. The van der Waals surface area contributed by atoms with Crippen LogP contribution in [-0.4, -0.2) is 89.6 Å². The van der Waals surface area contributed by atoms with Gasteiger partial charge in [-0.2, -0.15) is 0 Å². The molecular weight excluding hydrogens is 721 g/mol. The largest absolute Gasteiger partial charge is 0.354 e. The van der Waals surface area contributed by atoms with Gasteiger partial charge in [0, 0.05) is 50.1 Å². The van der Waals surface area contributed by atoms with Crippen molar-refractivity contribution in [3.63, 3.8) is 0 Å². The maximum atomic E-state index is 13.8. The molecule has 3 aromatic carbocycles. The molecule has 2 aliphatic rings. The summed E-state index contributed by atoms with van der Waals surface area (Å²) >= 11 is 0. The van der Waals surface area contributed by atoms with Crippen LogP contribution in [0.3, 0.4) is 0 Å². The lowest BCUT2D eigenvalue weighted by Gasteiger charge is -2.21. The van der Waals surface area contributed by atoms with E-state index < -0.39 is 12.1 Å². The first-order valence-corrected chi connectivity index (χ1v) is 19.2. The van der Waals surface area contributed by atoms with Gasteiger partial charge in [0.05, 0.1) is 25.5 Å². The molecule has 2 aliphatic heterocycles. The number of hydrogen-bond donors (Lipinski definition) is 2. The van der Waals surface area contributed by atoms with Gasteiger partial charge in [-0.1, -0.05) is 83.2 Å². The summed E-state index contributed by atoms with van der Waals surface area (Å²) in [6.45, 7) is 9.30. The van der Waals surface area contributed by atoms with Crippen molar-refractivity contribution >= 4 is 23.6 Å². The average Bonchev–Trinajstić information content (AvgIpc) is 3.91. The molecule has 7 rings (SSSR count). The number of nitrogens with one attached hydrogen (secondary N) is 2. The summed E-state index contributed by atoms with van der Waals surface area (Å²) in [5.74, 6) is -0.962. The fourth-order valence-electron chi connectivity index (χ4n) is 6.71. The van der Waals surface area contributed by atoms with Crippen molar-refractivity contribution in [1.29, 1.82) is 0 Å². The van der Waals surface area contributed by atoms with Crippen LogP contribution in [0.25, 0.3) is 0 Å². The molecular formula is C43H48N10O4. The van der Waals surface area contributed by atoms with E-state index >= 15 is 0 Å². The monoisotopic (exact) mass is 768 g/mol. The van der Waals surface area contributed by atoms with Crippen molar-refractivity contribution in [1.82, 2.24) is 50.4 Å².